The third-order valence-corrected chi connectivity index (χ3v) is 5.44. The lowest BCUT2D eigenvalue weighted by molar-refractivity contribution is 0.0981. The van der Waals surface area contributed by atoms with Gasteiger partial charge in [-0.2, -0.15) is 0 Å². The van der Waals surface area contributed by atoms with E-state index < -0.39 is 15.4 Å². The van der Waals surface area contributed by atoms with Crippen molar-refractivity contribution in [3.8, 4) is 0 Å². The predicted octanol–water partition coefficient (Wildman–Crippen LogP) is 0.397. The van der Waals surface area contributed by atoms with Crippen LogP contribution in [0.25, 0.3) is 0 Å². The molecular weight excluding hydrogens is 260 g/mol. The molecule has 0 aliphatic carbocycles. The molecule has 1 rings (SSSR count). The fourth-order valence-electron chi connectivity index (χ4n) is 1.47. The van der Waals surface area contributed by atoms with Gasteiger partial charge in [-0.15, -0.1) is 0 Å². The van der Waals surface area contributed by atoms with E-state index in [1.807, 2.05) is 13.8 Å². The van der Waals surface area contributed by atoms with Crippen LogP contribution < -0.4 is 10.5 Å². The van der Waals surface area contributed by atoms with E-state index in [9.17, 15) is 8.42 Å². The highest BCUT2D eigenvalue weighted by Gasteiger charge is 2.30. The zero-order valence-electron chi connectivity index (χ0n) is 10.2. The Bertz CT molecular complexity index is 373. The van der Waals surface area contributed by atoms with Crippen LogP contribution in [0.1, 0.15) is 26.7 Å². The average molecular weight is 280 g/mol. The Morgan fingerprint density at radius 3 is 2.47 bits per heavy atom. The van der Waals surface area contributed by atoms with Gasteiger partial charge in [0.05, 0.1) is 10.2 Å². The molecule has 0 unspecified atom stereocenters. The second-order valence-electron chi connectivity index (χ2n) is 4.93. The summed E-state index contributed by atoms with van der Waals surface area (Å²) in [6, 6.07) is 0. The van der Waals surface area contributed by atoms with Gasteiger partial charge in [0.2, 0.25) is 10.0 Å². The van der Waals surface area contributed by atoms with Gasteiger partial charge in [0.25, 0.3) is 0 Å². The van der Waals surface area contributed by atoms with E-state index >= 15 is 0 Å². The summed E-state index contributed by atoms with van der Waals surface area (Å²) < 4.78 is 31.8. The molecule has 3 N–H and O–H groups in total. The molecule has 1 saturated heterocycles. The zero-order valence-corrected chi connectivity index (χ0v) is 11.9. The van der Waals surface area contributed by atoms with Gasteiger partial charge in [0.15, 0.2) is 0 Å². The minimum Gasteiger partial charge on any atom is -0.393 e. The third kappa shape index (κ3) is 4.17. The summed E-state index contributed by atoms with van der Waals surface area (Å²) in [7, 11) is -3.30. The molecule has 0 atom stereocenters. The van der Waals surface area contributed by atoms with Crippen LogP contribution in [0, 0.1) is 5.41 Å². The topological polar surface area (TPSA) is 81.4 Å². The molecule has 1 fully saturated rings. The molecule has 0 amide bonds. The van der Waals surface area contributed by atoms with Crippen molar-refractivity contribution in [2.75, 3.05) is 19.8 Å². The second-order valence-corrected chi connectivity index (χ2v) is 7.41. The highest BCUT2D eigenvalue weighted by atomic mass is 32.2. The van der Waals surface area contributed by atoms with Crippen molar-refractivity contribution in [1.82, 2.24) is 4.72 Å². The lowest BCUT2D eigenvalue weighted by Gasteiger charge is -2.27. The van der Waals surface area contributed by atoms with Gasteiger partial charge in [0, 0.05) is 25.2 Å². The molecular formula is C10H20N2O3S2. The van der Waals surface area contributed by atoms with Crippen LogP contribution in [0.3, 0.4) is 0 Å². The standard InChI is InChI=1S/C10H20N2O3S2/c1-10(2,9(11)16)7-12-17(13,14)8-3-5-15-6-4-8/h8,12H,3-7H2,1-2H3,(H2,11,16). The van der Waals surface area contributed by atoms with Gasteiger partial charge >= 0.3 is 0 Å². The summed E-state index contributed by atoms with van der Waals surface area (Å²) in [6.07, 6.45) is 1.09. The summed E-state index contributed by atoms with van der Waals surface area (Å²) in [5.74, 6) is 0. The van der Waals surface area contributed by atoms with Gasteiger partial charge in [-0.05, 0) is 12.8 Å². The van der Waals surface area contributed by atoms with E-state index in [0.29, 0.717) is 31.0 Å². The van der Waals surface area contributed by atoms with Crippen LogP contribution in [0.15, 0.2) is 0 Å². The normalized spacial score (nSPS) is 19.2. The first-order chi connectivity index (χ1) is 7.76. The maximum absolute atomic E-state index is 12.0. The molecule has 1 aliphatic rings. The van der Waals surface area contributed by atoms with E-state index in [2.05, 4.69) is 4.72 Å². The fourth-order valence-corrected chi connectivity index (χ4v) is 3.16. The van der Waals surface area contributed by atoms with Crippen molar-refractivity contribution in [3.05, 3.63) is 0 Å². The molecule has 5 nitrogen and oxygen atoms in total. The Balaban J connectivity index is 2.58. The van der Waals surface area contributed by atoms with Crippen molar-refractivity contribution in [3.63, 3.8) is 0 Å². The second kappa shape index (κ2) is 5.60. The van der Waals surface area contributed by atoms with Crippen molar-refractivity contribution < 1.29 is 13.2 Å². The monoisotopic (exact) mass is 280 g/mol. The number of hydrogen-bond donors (Lipinski definition) is 2. The maximum atomic E-state index is 12.0. The van der Waals surface area contributed by atoms with Gasteiger partial charge in [-0.1, -0.05) is 26.1 Å². The van der Waals surface area contributed by atoms with Gasteiger partial charge in [0.1, 0.15) is 0 Å². The molecule has 100 valence electrons. The van der Waals surface area contributed by atoms with E-state index in [1.165, 1.54) is 0 Å². The van der Waals surface area contributed by atoms with Crippen LogP contribution in [-0.2, 0) is 14.8 Å². The SMILES string of the molecule is CC(C)(CNS(=O)(=O)C1CCOCC1)C(N)=S. The number of sulfonamides is 1. The lowest BCUT2D eigenvalue weighted by atomic mass is 9.94. The highest BCUT2D eigenvalue weighted by molar-refractivity contribution is 7.90. The van der Waals surface area contributed by atoms with Crippen molar-refractivity contribution >= 4 is 27.2 Å². The summed E-state index contributed by atoms with van der Waals surface area (Å²) >= 11 is 4.90. The van der Waals surface area contributed by atoms with Gasteiger partial charge in [-0.3, -0.25) is 0 Å². The molecule has 0 saturated carbocycles. The predicted molar refractivity (Wildman–Crippen MR) is 71.3 cm³/mol. The third-order valence-electron chi connectivity index (χ3n) is 2.99. The first-order valence-corrected chi connectivity index (χ1v) is 7.57. The smallest absolute Gasteiger partial charge is 0.214 e. The molecule has 17 heavy (non-hydrogen) atoms. The van der Waals surface area contributed by atoms with Gasteiger partial charge < -0.3 is 10.5 Å². The molecule has 0 aromatic heterocycles. The number of thiocarbonyl (C=S) groups is 1. The van der Waals surface area contributed by atoms with Crippen molar-refractivity contribution in [2.24, 2.45) is 11.1 Å². The summed E-state index contributed by atoms with van der Waals surface area (Å²) in [5.41, 5.74) is 5.05. The van der Waals surface area contributed by atoms with E-state index in [0.717, 1.165) is 0 Å². The number of ether oxygens (including phenoxy) is 1. The molecule has 1 aliphatic heterocycles. The average Bonchev–Trinajstić information content (AvgIpc) is 2.28. The van der Waals surface area contributed by atoms with E-state index in [4.69, 9.17) is 22.7 Å². The largest absolute Gasteiger partial charge is 0.393 e. The minimum absolute atomic E-state index is 0.238. The van der Waals surface area contributed by atoms with E-state index in [-0.39, 0.29) is 11.8 Å². The number of nitrogens with two attached hydrogens (primary N) is 1. The Hall–Kier alpha value is -0.240. The van der Waals surface area contributed by atoms with Crippen LogP contribution >= 0.6 is 12.2 Å². The maximum Gasteiger partial charge on any atom is 0.214 e. The Morgan fingerprint density at radius 2 is 2.00 bits per heavy atom. The molecule has 0 bridgehead atoms. The molecule has 0 spiro atoms. The quantitative estimate of drug-likeness (QED) is 0.712. The summed E-state index contributed by atoms with van der Waals surface area (Å²) in [5, 5.41) is -0.363. The molecule has 0 aromatic carbocycles. The molecule has 1 heterocycles. The van der Waals surface area contributed by atoms with Crippen LogP contribution in [0.5, 0.6) is 0 Å². The summed E-state index contributed by atoms with van der Waals surface area (Å²) in [6.45, 7) is 4.89. The Labute approximate surface area is 108 Å². The van der Waals surface area contributed by atoms with Crippen LogP contribution in [-0.4, -0.2) is 38.4 Å². The lowest BCUT2D eigenvalue weighted by Crippen LogP contribution is -2.45. The highest BCUT2D eigenvalue weighted by Crippen LogP contribution is 2.18. The Morgan fingerprint density at radius 1 is 1.47 bits per heavy atom. The number of hydrogen-bond acceptors (Lipinski definition) is 4. The van der Waals surface area contributed by atoms with Crippen LogP contribution in [0.2, 0.25) is 0 Å². The first kappa shape index (κ1) is 14.8. The van der Waals surface area contributed by atoms with Crippen molar-refractivity contribution in [1.29, 1.82) is 0 Å². The van der Waals surface area contributed by atoms with E-state index in [1.54, 1.807) is 0 Å². The molecule has 7 heteroatoms. The fraction of sp³-hybridized carbons (Fsp3) is 0.900. The van der Waals surface area contributed by atoms with Crippen molar-refractivity contribution in [2.45, 2.75) is 31.9 Å². The Kier molecular flexibility index (Phi) is 4.88. The van der Waals surface area contributed by atoms with Crippen LogP contribution in [0.4, 0.5) is 0 Å². The summed E-state index contributed by atoms with van der Waals surface area (Å²) in [4.78, 5) is 0.312. The zero-order chi connectivity index (χ0) is 13.1. The molecule has 0 aromatic rings. The number of rotatable bonds is 5. The number of nitrogens with one attached hydrogen (secondary N) is 1. The molecule has 0 radical (unpaired) electrons. The first-order valence-electron chi connectivity index (χ1n) is 5.62. The van der Waals surface area contributed by atoms with Gasteiger partial charge in [-0.25, -0.2) is 13.1 Å². The minimum atomic E-state index is -3.30.